The lowest BCUT2D eigenvalue weighted by atomic mass is 10.0. The molecule has 2 aromatic carbocycles. The highest BCUT2D eigenvalue weighted by molar-refractivity contribution is 6.32. The molecule has 0 spiro atoms. The number of nitrogens with one attached hydrogen (secondary N) is 1. The molecule has 0 aliphatic rings. The van der Waals surface area contributed by atoms with Crippen LogP contribution in [-0.4, -0.2) is 22.8 Å². The van der Waals surface area contributed by atoms with Gasteiger partial charge in [0.2, 0.25) is 5.91 Å². The number of anilines is 1. The molecule has 1 atom stereocenters. The van der Waals surface area contributed by atoms with Crippen LogP contribution < -0.4 is 15.6 Å². The average Bonchev–Trinajstić information content (AvgIpc) is 2.72. The average molecular weight is 426 g/mol. The Bertz CT molecular complexity index is 1140. The first-order valence-electron chi connectivity index (χ1n) is 9.66. The lowest BCUT2D eigenvalue weighted by Crippen LogP contribution is -2.34. The van der Waals surface area contributed by atoms with Crippen LogP contribution in [0.5, 0.6) is 5.75 Å². The Labute approximate surface area is 180 Å². The SMILES string of the molecule is CC[C@@H](C(=O)Nc1ccc(OC)c(Cl)c1)n1nc(-c2cc(C)ccc2C)ccc1=O. The number of carbonyl (C=O) groups excluding carboxylic acids is 1. The van der Waals surface area contributed by atoms with Crippen molar-refractivity contribution in [1.29, 1.82) is 0 Å². The molecule has 0 bridgehead atoms. The quantitative estimate of drug-likeness (QED) is 0.616. The van der Waals surface area contributed by atoms with E-state index >= 15 is 0 Å². The van der Waals surface area contributed by atoms with Crippen molar-refractivity contribution in [2.24, 2.45) is 0 Å². The second-order valence-corrected chi connectivity index (χ2v) is 7.49. The maximum Gasteiger partial charge on any atom is 0.267 e. The van der Waals surface area contributed by atoms with Gasteiger partial charge < -0.3 is 10.1 Å². The highest BCUT2D eigenvalue weighted by Gasteiger charge is 2.22. The van der Waals surface area contributed by atoms with E-state index in [2.05, 4.69) is 10.4 Å². The van der Waals surface area contributed by atoms with Crippen molar-refractivity contribution in [3.05, 3.63) is 75.0 Å². The molecule has 1 amide bonds. The van der Waals surface area contributed by atoms with Gasteiger partial charge in [-0.05, 0) is 56.2 Å². The Balaban J connectivity index is 1.94. The molecule has 6 nitrogen and oxygen atoms in total. The Morgan fingerprint density at radius 2 is 1.93 bits per heavy atom. The molecule has 0 unspecified atom stereocenters. The van der Waals surface area contributed by atoms with Gasteiger partial charge in [-0.1, -0.05) is 36.2 Å². The van der Waals surface area contributed by atoms with Crippen molar-refractivity contribution < 1.29 is 9.53 Å². The zero-order valence-corrected chi connectivity index (χ0v) is 18.2. The number of hydrogen-bond acceptors (Lipinski definition) is 4. The third kappa shape index (κ3) is 4.54. The first-order valence-corrected chi connectivity index (χ1v) is 10.0. The zero-order chi connectivity index (χ0) is 21.8. The molecular formula is C23H24ClN3O3. The smallest absolute Gasteiger partial charge is 0.267 e. The minimum Gasteiger partial charge on any atom is -0.495 e. The number of aromatic nitrogens is 2. The Hall–Kier alpha value is -3.12. The number of amides is 1. The third-order valence-electron chi connectivity index (χ3n) is 4.90. The van der Waals surface area contributed by atoms with E-state index in [4.69, 9.17) is 16.3 Å². The maximum absolute atomic E-state index is 12.9. The molecule has 0 aliphatic carbocycles. The van der Waals surface area contributed by atoms with Crippen LogP contribution >= 0.6 is 11.6 Å². The number of benzene rings is 2. The van der Waals surface area contributed by atoms with E-state index in [0.29, 0.717) is 28.6 Å². The van der Waals surface area contributed by atoms with E-state index in [9.17, 15) is 9.59 Å². The van der Waals surface area contributed by atoms with E-state index in [1.54, 1.807) is 24.3 Å². The molecule has 0 aliphatic heterocycles. The fourth-order valence-corrected chi connectivity index (χ4v) is 3.50. The lowest BCUT2D eigenvalue weighted by molar-refractivity contribution is -0.119. The monoisotopic (exact) mass is 425 g/mol. The summed E-state index contributed by atoms with van der Waals surface area (Å²) < 4.78 is 6.38. The van der Waals surface area contributed by atoms with Crippen molar-refractivity contribution in [3.8, 4) is 17.0 Å². The minimum absolute atomic E-state index is 0.334. The van der Waals surface area contributed by atoms with Crippen LogP contribution in [0.25, 0.3) is 11.3 Å². The van der Waals surface area contributed by atoms with Gasteiger partial charge in [-0.15, -0.1) is 0 Å². The van der Waals surface area contributed by atoms with E-state index in [0.717, 1.165) is 16.7 Å². The Morgan fingerprint density at radius 3 is 2.60 bits per heavy atom. The standard InChI is InChI=1S/C23H24ClN3O3/c1-5-20(23(29)25-16-8-10-21(30-4)18(24)13-16)27-22(28)11-9-19(26-27)17-12-14(2)6-7-15(17)3/h6-13,20H,5H2,1-4H3,(H,25,29)/t20-/m0/s1. The number of halogens is 1. The highest BCUT2D eigenvalue weighted by Crippen LogP contribution is 2.28. The summed E-state index contributed by atoms with van der Waals surface area (Å²) in [5, 5.41) is 7.72. The molecule has 3 rings (SSSR count). The van der Waals surface area contributed by atoms with E-state index in [1.807, 2.05) is 39.0 Å². The van der Waals surface area contributed by atoms with Crippen LogP contribution in [-0.2, 0) is 4.79 Å². The fraction of sp³-hybridized carbons (Fsp3) is 0.261. The summed E-state index contributed by atoms with van der Waals surface area (Å²) in [5.41, 5.74) is 3.90. The number of ether oxygens (including phenoxy) is 1. The van der Waals surface area contributed by atoms with Gasteiger partial charge in [-0.2, -0.15) is 5.10 Å². The van der Waals surface area contributed by atoms with Crippen molar-refractivity contribution in [3.63, 3.8) is 0 Å². The molecular weight excluding hydrogens is 402 g/mol. The van der Waals surface area contributed by atoms with Gasteiger partial charge in [0.25, 0.3) is 5.56 Å². The molecule has 0 saturated carbocycles. The van der Waals surface area contributed by atoms with Crippen LogP contribution in [0.4, 0.5) is 5.69 Å². The summed E-state index contributed by atoms with van der Waals surface area (Å²) in [6, 6.07) is 13.4. The lowest BCUT2D eigenvalue weighted by Gasteiger charge is -2.18. The van der Waals surface area contributed by atoms with Crippen LogP contribution in [0, 0.1) is 13.8 Å². The maximum atomic E-state index is 12.9. The van der Waals surface area contributed by atoms with E-state index in [1.165, 1.54) is 17.9 Å². The summed E-state index contributed by atoms with van der Waals surface area (Å²) in [7, 11) is 1.52. The number of aryl methyl sites for hydroxylation is 2. The number of rotatable bonds is 6. The molecule has 3 aromatic rings. The number of hydrogen-bond donors (Lipinski definition) is 1. The largest absolute Gasteiger partial charge is 0.495 e. The predicted molar refractivity (Wildman–Crippen MR) is 119 cm³/mol. The van der Waals surface area contributed by atoms with Gasteiger partial charge in [0, 0.05) is 17.3 Å². The van der Waals surface area contributed by atoms with Gasteiger partial charge in [-0.3, -0.25) is 9.59 Å². The Kier molecular flexibility index (Phi) is 6.57. The van der Waals surface area contributed by atoms with Crippen molar-refractivity contribution >= 4 is 23.2 Å². The number of methoxy groups -OCH3 is 1. The predicted octanol–water partition coefficient (Wildman–Crippen LogP) is 4.78. The van der Waals surface area contributed by atoms with Gasteiger partial charge >= 0.3 is 0 Å². The number of nitrogens with zero attached hydrogens (tertiary/aromatic N) is 2. The molecule has 30 heavy (non-hydrogen) atoms. The van der Waals surface area contributed by atoms with Crippen molar-refractivity contribution in [2.45, 2.75) is 33.2 Å². The summed E-state index contributed by atoms with van der Waals surface area (Å²) in [4.78, 5) is 25.5. The molecule has 1 aromatic heterocycles. The molecule has 0 fully saturated rings. The molecule has 156 valence electrons. The summed E-state index contributed by atoms with van der Waals surface area (Å²) in [5.74, 6) is 0.173. The topological polar surface area (TPSA) is 73.2 Å². The van der Waals surface area contributed by atoms with Gasteiger partial charge in [0.1, 0.15) is 11.8 Å². The van der Waals surface area contributed by atoms with Crippen molar-refractivity contribution in [2.75, 3.05) is 12.4 Å². The molecule has 0 radical (unpaired) electrons. The Morgan fingerprint density at radius 1 is 1.17 bits per heavy atom. The molecule has 7 heteroatoms. The van der Waals surface area contributed by atoms with Gasteiger partial charge in [0.05, 0.1) is 17.8 Å². The third-order valence-corrected chi connectivity index (χ3v) is 5.19. The highest BCUT2D eigenvalue weighted by atomic mass is 35.5. The first kappa shape index (κ1) is 21.6. The molecule has 1 N–H and O–H groups in total. The van der Waals surface area contributed by atoms with Gasteiger partial charge in [0.15, 0.2) is 0 Å². The summed E-state index contributed by atoms with van der Waals surface area (Å²) in [6.45, 7) is 5.83. The van der Waals surface area contributed by atoms with Crippen LogP contribution in [0.2, 0.25) is 5.02 Å². The normalized spacial score (nSPS) is 11.8. The molecule has 1 heterocycles. The van der Waals surface area contributed by atoms with Crippen molar-refractivity contribution in [1.82, 2.24) is 9.78 Å². The van der Waals surface area contributed by atoms with Gasteiger partial charge in [-0.25, -0.2) is 4.68 Å². The summed E-state index contributed by atoms with van der Waals surface area (Å²) in [6.07, 6.45) is 0.402. The number of carbonyl (C=O) groups is 1. The second-order valence-electron chi connectivity index (χ2n) is 7.08. The first-order chi connectivity index (χ1) is 14.3. The van der Waals surface area contributed by atoms with E-state index < -0.39 is 6.04 Å². The minimum atomic E-state index is -0.761. The van der Waals surface area contributed by atoms with Crippen LogP contribution in [0.1, 0.15) is 30.5 Å². The zero-order valence-electron chi connectivity index (χ0n) is 17.4. The van der Waals surface area contributed by atoms with Crippen LogP contribution in [0.3, 0.4) is 0 Å². The second kappa shape index (κ2) is 9.13. The van der Waals surface area contributed by atoms with E-state index in [-0.39, 0.29) is 11.5 Å². The summed E-state index contributed by atoms with van der Waals surface area (Å²) >= 11 is 6.14. The molecule has 0 saturated heterocycles. The van der Waals surface area contributed by atoms with Crippen LogP contribution in [0.15, 0.2) is 53.3 Å². The fourth-order valence-electron chi connectivity index (χ4n) is 3.24.